The molecule has 1 aliphatic rings. The SMILES string of the molecule is [2H]C1CCCCC1N=C=O. The van der Waals surface area contributed by atoms with E-state index < -0.39 is 0 Å². The van der Waals surface area contributed by atoms with Crippen molar-refractivity contribution in [1.29, 1.82) is 0 Å². The topological polar surface area (TPSA) is 29.4 Å². The summed E-state index contributed by atoms with van der Waals surface area (Å²) in [6, 6.07) is -0.0637. The van der Waals surface area contributed by atoms with Crippen LogP contribution in [0, 0.1) is 0 Å². The molecule has 2 heteroatoms. The maximum absolute atomic E-state index is 9.84. The Balaban J connectivity index is 2.47. The summed E-state index contributed by atoms with van der Waals surface area (Å²) >= 11 is 0. The van der Waals surface area contributed by atoms with Crippen LogP contribution in [0.3, 0.4) is 0 Å². The van der Waals surface area contributed by atoms with Gasteiger partial charge < -0.3 is 0 Å². The smallest absolute Gasteiger partial charge is 0.211 e. The third-order valence-electron chi connectivity index (χ3n) is 1.61. The number of carbonyl (C=O) groups excluding carboxylic acids is 1. The van der Waals surface area contributed by atoms with Crippen molar-refractivity contribution < 1.29 is 6.17 Å². The minimum absolute atomic E-state index is 0.0637. The molecule has 0 aromatic rings. The van der Waals surface area contributed by atoms with Crippen LogP contribution in [-0.2, 0) is 4.79 Å². The Morgan fingerprint density at radius 1 is 1.56 bits per heavy atom. The summed E-state index contributed by atoms with van der Waals surface area (Å²) in [5.74, 6) is 0. The fraction of sp³-hybridized carbons (Fsp3) is 0.857. The zero-order valence-electron chi connectivity index (χ0n) is 6.34. The highest BCUT2D eigenvalue weighted by Crippen LogP contribution is 2.19. The molecule has 1 aliphatic carbocycles. The van der Waals surface area contributed by atoms with Crippen molar-refractivity contribution in [2.45, 2.75) is 38.1 Å². The van der Waals surface area contributed by atoms with Crippen molar-refractivity contribution in [2.24, 2.45) is 4.99 Å². The minimum atomic E-state index is -0.157. The Morgan fingerprint density at radius 2 is 2.44 bits per heavy atom. The van der Waals surface area contributed by atoms with Crippen LogP contribution in [-0.4, -0.2) is 12.1 Å². The number of aliphatic imine (C=N–C) groups is 1. The van der Waals surface area contributed by atoms with E-state index in [4.69, 9.17) is 1.37 Å². The Kier molecular flexibility index (Phi) is 1.97. The fourth-order valence-electron chi connectivity index (χ4n) is 1.11. The highest BCUT2D eigenvalue weighted by atomic mass is 16.1. The Labute approximate surface area is 56.4 Å². The van der Waals surface area contributed by atoms with E-state index in [2.05, 4.69) is 4.99 Å². The molecule has 2 unspecified atom stereocenters. The van der Waals surface area contributed by atoms with Gasteiger partial charge in [0.2, 0.25) is 6.08 Å². The summed E-state index contributed by atoms with van der Waals surface area (Å²) < 4.78 is 7.46. The van der Waals surface area contributed by atoms with Crippen LogP contribution >= 0.6 is 0 Å². The summed E-state index contributed by atoms with van der Waals surface area (Å²) in [6.07, 6.45) is 5.36. The molecule has 50 valence electrons. The lowest BCUT2D eigenvalue weighted by atomic mass is 9.96. The molecule has 1 saturated carbocycles. The molecule has 0 spiro atoms. The molecule has 0 radical (unpaired) electrons. The fourth-order valence-corrected chi connectivity index (χ4v) is 1.11. The molecule has 1 rings (SSSR count). The largest absolute Gasteiger partial charge is 0.235 e. The maximum Gasteiger partial charge on any atom is 0.235 e. The summed E-state index contributed by atoms with van der Waals surface area (Å²) in [6.45, 7) is 0. The lowest BCUT2D eigenvalue weighted by Gasteiger charge is -2.14. The van der Waals surface area contributed by atoms with Gasteiger partial charge in [-0.15, -0.1) is 0 Å². The van der Waals surface area contributed by atoms with Gasteiger partial charge in [0.25, 0.3) is 0 Å². The second-order valence-corrected chi connectivity index (χ2v) is 2.31. The van der Waals surface area contributed by atoms with Gasteiger partial charge in [-0.1, -0.05) is 19.3 Å². The van der Waals surface area contributed by atoms with Crippen LogP contribution in [0.4, 0.5) is 0 Å². The van der Waals surface area contributed by atoms with Crippen LogP contribution < -0.4 is 0 Å². The molecule has 0 N–H and O–H groups in total. The van der Waals surface area contributed by atoms with E-state index in [1.54, 1.807) is 0 Å². The molecule has 2 nitrogen and oxygen atoms in total. The molecule has 0 aliphatic heterocycles. The predicted octanol–water partition coefficient (Wildman–Crippen LogP) is 1.65. The monoisotopic (exact) mass is 126 g/mol. The highest BCUT2D eigenvalue weighted by Gasteiger charge is 2.10. The van der Waals surface area contributed by atoms with Crippen molar-refractivity contribution in [2.75, 3.05) is 0 Å². The summed E-state index contributed by atoms with van der Waals surface area (Å²) in [5.41, 5.74) is 0. The molecule has 1 fully saturated rings. The van der Waals surface area contributed by atoms with E-state index in [1.807, 2.05) is 0 Å². The maximum atomic E-state index is 9.84. The van der Waals surface area contributed by atoms with Gasteiger partial charge in [0, 0.05) is 1.37 Å². The molecule has 0 saturated heterocycles. The number of nitrogens with zero attached hydrogens (tertiary/aromatic N) is 1. The molecule has 0 aromatic carbocycles. The lowest BCUT2D eigenvalue weighted by molar-refractivity contribution is 0.439. The zero-order valence-corrected chi connectivity index (χ0v) is 5.34. The van der Waals surface area contributed by atoms with Gasteiger partial charge in [0.05, 0.1) is 6.04 Å². The zero-order chi connectivity index (χ0) is 7.40. The quantitative estimate of drug-likeness (QED) is 0.388. The summed E-state index contributed by atoms with van der Waals surface area (Å²) in [7, 11) is 0. The second-order valence-electron chi connectivity index (χ2n) is 2.31. The van der Waals surface area contributed by atoms with Crippen molar-refractivity contribution in [1.82, 2.24) is 0 Å². The van der Waals surface area contributed by atoms with Gasteiger partial charge in [0.1, 0.15) is 0 Å². The first-order valence-corrected chi connectivity index (χ1v) is 3.34. The van der Waals surface area contributed by atoms with Crippen LogP contribution in [0.15, 0.2) is 4.99 Å². The van der Waals surface area contributed by atoms with Gasteiger partial charge in [0.15, 0.2) is 0 Å². The Bertz CT molecular complexity index is 154. The standard InChI is InChI=1S/C7H11NO/c9-6-8-7-4-2-1-3-5-7/h7H,1-5H2/i4D. The van der Waals surface area contributed by atoms with Crippen molar-refractivity contribution in [3.8, 4) is 0 Å². The van der Waals surface area contributed by atoms with E-state index >= 15 is 0 Å². The predicted molar refractivity (Wildman–Crippen MR) is 35.0 cm³/mol. The van der Waals surface area contributed by atoms with Gasteiger partial charge in [-0.3, -0.25) is 0 Å². The molecule has 0 aromatic heterocycles. The highest BCUT2D eigenvalue weighted by molar-refractivity contribution is 5.33. The first-order chi connectivity index (χ1) is 4.84. The molecule has 0 bridgehead atoms. The lowest BCUT2D eigenvalue weighted by Crippen LogP contribution is -2.08. The molecule has 2 atom stereocenters. The van der Waals surface area contributed by atoms with Gasteiger partial charge in [-0.25, -0.2) is 9.79 Å². The van der Waals surface area contributed by atoms with Crippen molar-refractivity contribution in [3.05, 3.63) is 0 Å². The normalized spacial score (nSPS) is 36.7. The van der Waals surface area contributed by atoms with Crippen molar-refractivity contribution in [3.63, 3.8) is 0 Å². The van der Waals surface area contributed by atoms with Crippen LogP contribution in [0.5, 0.6) is 0 Å². The van der Waals surface area contributed by atoms with Gasteiger partial charge >= 0.3 is 0 Å². The minimum Gasteiger partial charge on any atom is -0.211 e. The number of isocyanates is 1. The summed E-state index contributed by atoms with van der Waals surface area (Å²) in [4.78, 5) is 13.4. The van der Waals surface area contributed by atoms with Crippen LogP contribution in [0.25, 0.3) is 0 Å². The molecular formula is C7H11NO. The number of hydrogen-bond donors (Lipinski definition) is 0. The van der Waals surface area contributed by atoms with E-state index in [0.29, 0.717) is 0 Å². The first kappa shape index (κ1) is 5.19. The Morgan fingerprint density at radius 3 is 3.11 bits per heavy atom. The third-order valence-corrected chi connectivity index (χ3v) is 1.61. The van der Waals surface area contributed by atoms with E-state index in [-0.39, 0.29) is 12.4 Å². The van der Waals surface area contributed by atoms with Gasteiger partial charge in [-0.2, -0.15) is 0 Å². The van der Waals surface area contributed by atoms with Crippen molar-refractivity contribution >= 4 is 6.08 Å². The molecule has 9 heavy (non-hydrogen) atoms. The summed E-state index contributed by atoms with van der Waals surface area (Å²) in [5, 5.41) is 0. The average Bonchev–Trinajstić information content (AvgIpc) is 1.94. The second kappa shape index (κ2) is 3.41. The van der Waals surface area contributed by atoms with Crippen LogP contribution in [0.2, 0.25) is 0 Å². The van der Waals surface area contributed by atoms with E-state index in [9.17, 15) is 4.79 Å². The van der Waals surface area contributed by atoms with E-state index in [0.717, 1.165) is 25.7 Å². The van der Waals surface area contributed by atoms with E-state index in [1.165, 1.54) is 6.08 Å². The molecular weight excluding hydrogens is 114 g/mol. The molecule has 0 heterocycles. The number of rotatable bonds is 1. The van der Waals surface area contributed by atoms with Crippen LogP contribution in [0.1, 0.15) is 33.5 Å². The van der Waals surface area contributed by atoms with Gasteiger partial charge in [-0.05, 0) is 12.8 Å². The average molecular weight is 126 g/mol. The number of hydrogen-bond acceptors (Lipinski definition) is 2. The molecule has 0 amide bonds. The first-order valence-electron chi connectivity index (χ1n) is 3.91. The Hall–Kier alpha value is -0.620. The third kappa shape index (κ3) is 1.98.